The molecule has 5 rings (SSSR count). The summed E-state index contributed by atoms with van der Waals surface area (Å²) in [5.74, 6) is 0.785. The fourth-order valence-corrected chi connectivity index (χ4v) is 3.81. The molecule has 0 radical (unpaired) electrons. The second-order valence-electron chi connectivity index (χ2n) is 7.52. The number of nitrogens with zero attached hydrogens (tertiary/aromatic N) is 1. The SMILES string of the molecule is Cc1ccc(CN2COc3ccc4cc(-c5ccccc5)c(=O)oc4c3C2)cc1. The van der Waals surface area contributed by atoms with Gasteiger partial charge in [-0.3, -0.25) is 4.90 Å². The number of hydrogen-bond donors (Lipinski definition) is 0. The summed E-state index contributed by atoms with van der Waals surface area (Å²) < 4.78 is 11.8. The van der Waals surface area contributed by atoms with Crippen LogP contribution >= 0.6 is 0 Å². The summed E-state index contributed by atoms with van der Waals surface area (Å²) >= 11 is 0. The normalized spacial score (nSPS) is 13.8. The molecule has 29 heavy (non-hydrogen) atoms. The smallest absolute Gasteiger partial charge is 0.344 e. The second kappa shape index (κ2) is 7.22. The molecule has 2 heterocycles. The predicted octanol–water partition coefficient (Wildman–Crippen LogP) is 5.12. The van der Waals surface area contributed by atoms with Crippen molar-refractivity contribution in [1.82, 2.24) is 4.90 Å². The molecule has 144 valence electrons. The lowest BCUT2D eigenvalue weighted by Gasteiger charge is -2.29. The average molecular weight is 383 g/mol. The molecule has 1 aliphatic heterocycles. The lowest BCUT2D eigenvalue weighted by Crippen LogP contribution is -2.31. The van der Waals surface area contributed by atoms with Gasteiger partial charge in [0.2, 0.25) is 0 Å². The topological polar surface area (TPSA) is 42.7 Å². The zero-order chi connectivity index (χ0) is 19.8. The van der Waals surface area contributed by atoms with Gasteiger partial charge in [-0.2, -0.15) is 0 Å². The zero-order valence-electron chi connectivity index (χ0n) is 16.2. The van der Waals surface area contributed by atoms with Gasteiger partial charge >= 0.3 is 5.63 Å². The van der Waals surface area contributed by atoms with E-state index < -0.39 is 0 Å². The molecule has 1 aromatic heterocycles. The van der Waals surface area contributed by atoms with Gasteiger partial charge in [0.25, 0.3) is 0 Å². The molecule has 0 spiro atoms. The van der Waals surface area contributed by atoms with Gasteiger partial charge in [-0.05, 0) is 36.2 Å². The van der Waals surface area contributed by atoms with Crippen LogP contribution in [0, 0.1) is 6.92 Å². The maximum Gasteiger partial charge on any atom is 0.344 e. The Morgan fingerprint density at radius 1 is 0.966 bits per heavy atom. The van der Waals surface area contributed by atoms with E-state index in [0.29, 0.717) is 24.4 Å². The van der Waals surface area contributed by atoms with Gasteiger partial charge in [-0.15, -0.1) is 0 Å². The standard InChI is InChI=1S/C25H21NO3/c1-17-7-9-18(10-8-17)14-26-15-22-23(28-16-26)12-11-20-13-21(25(27)29-24(20)22)19-5-3-2-4-6-19/h2-13H,14-16H2,1H3. The Labute approximate surface area is 169 Å². The number of rotatable bonds is 3. The van der Waals surface area contributed by atoms with Gasteiger partial charge in [0.1, 0.15) is 18.1 Å². The van der Waals surface area contributed by atoms with Gasteiger partial charge in [-0.25, -0.2) is 4.79 Å². The third-order valence-electron chi connectivity index (χ3n) is 5.36. The summed E-state index contributed by atoms with van der Waals surface area (Å²) in [6.07, 6.45) is 0. The van der Waals surface area contributed by atoms with Crippen LogP contribution in [0.4, 0.5) is 0 Å². The molecule has 0 unspecified atom stereocenters. The monoisotopic (exact) mass is 383 g/mol. The Bertz CT molecular complexity index is 1230. The van der Waals surface area contributed by atoms with Crippen molar-refractivity contribution >= 4 is 11.0 Å². The van der Waals surface area contributed by atoms with E-state index >= 15 is 0 Å². The van der Waals surface area contributed by atoms with Crippen molar-refractivity contribution in [2.24, 2.45) is 0 Å². The van der Waals surface area contributed by atoms with Crippen molar-refractivity contribution in [3.63, 3.8) is 0 Å². The first kappa shape index (κ1) is 17.7. The van der Waals surface area contributed by atoms with Crippen molar-refractivity contribution in [3.05, 3.63) is 99.9 Å². The number of fused-ring (bicyclic) bond motifs is 3. The molecule has 4 heteroatoms. The van der Waals surface area contributed by atoms with Gasteiger partial charge in [0.15, 0.2) is 0 Å². The molecule has 1 aliphatic rings. The van der Waals surface area contributed by atoms with E-state index in [1.807, 2.05) is 48.5 Å². The fourth-order valence-electron chi connectivity index (χ4n) is 3.81. The van der Waals surface area contributed by atoms with E-state index in [1.54, 1.807) is 0 Å². The van der Waals surface area contributed by atoms with E-state index in [9.17, 15) is 4.79 Å². The highest BCUT2D eigenvalue weighted by atomic mass is 16.5. The molecule has 0 N–H and O–H groups in total. The first-order chi connectivity index (χ1) is 14.2. The minimum atomic E-state index is -0.326. The van der Waals surface area contributed by atoms with Crippen LogP contribution in [0.5, 0.6) is 5.75 Å². The molecule has 3 aromatic carbocycles. The van der Waals surface area contributed by atoms with Crippen LogP contribution in [0.1, 0.15) is 16.7 Å². The Hall–Kier alpha value is -3.37. The van der Waals surface area contributed by atoms with E-state index in [4.69, 9.17) is 9.15 Å². The molecule has 4 nitrogen and oxygen atoms in total. The number of hydrogen-bond acceptors (Lipinski definition) is 4. The Morgan fingerprint density at radius 3 is 2.55 bits per heavy atom. The molecule has 0 saturated heterocycles. The van der Waals surface area contributed by atoms with Crippen LogP contribution in [-0.2, 0) is 13.1 Å². The highest BCUT2D eigenvalue weighted by Gasteiger charge is 2.22. The summed E-state index contributed by atoms with van der Waals surface area (Å²) in [5, 5.41) is 0.906. The number of benzene rings is 3. The predicted molar refractivity (Wildman–Crippen MR) is 114 cm³/mol. The minimum absolute atomic E-state index is 0.326. The van der Waals surface area contributed by atoms with Gasteiger partial charge < -0.3 is 9.15 Å². The van der Waals surface area contributed by atoms with Crippen molar-refractivity contribution in [2.75, 3.05) is 6.73 Å². The van der Waals surface area contributed by atoms with E-state index in [1.165, 1.54) is 11.1 Å². The number of aryl methyl sites for hydroxylation is 1. The lowest BCUT2D eigenvalue weighted by molar-refractivity contribution is 0.0890. The van der Waals surface area contributed by atoms with Crippen LogP contribution in [0.15, 0.2) is 82.0 Å². The van der Waals surface area contributed by atoms with Crippen LogP contribution in [0.25, 0.3) is 22.1 Å². The first-order valence-corrected chi connectivity index (χ1v) is 9.73. The van der Waals surface area contributed by atoms with Crippen LogP contribution in [0.3, 0.4) is 0 Å². The molecule has 0 bridgehead atoms. The Morgan fingerprint density at radius 2 is 1.76 bits per heavy atom. The van der Waals surface area contributed by atoms with Crippen molar-refractivity contribution in [1.29, 1.82) is 0 Å². The molecule has 0 fully saturated rings. The van der Waals surface area contributed by atoms with Crippen molar-refractivity contribution in [2.45, 2.75) is 20.0 Å². The highest BCUT2D eigenvalue weighted by molar-refractivity contribution is 5.86. The molecular formula is C25H21NO3. The second-order valence-corrected chi connectivity index (χ2v) is 7.52. The highest BCUT2D eigenvalue weighted by Crippen LogP contribution is 2.33. The largest absolute Gasteiger partial charge is 0.478 e. The summed E-state index contributed by atoms with van der Waals surface area (Å²) in [6.45, 7) is 4.05. The van der Waals surface area contributed by atoms with E-state index in [2.05, 4.69) is 36.1 Å². The first-order valence-electron chi connectivity index (χ1n) is 9.73. The minimum Gasteiger partial charge on any atom is -0.478 e. The molecular weight excluding hydrogens is 362 g/mol. The van der Waals surface area contributed by atoms with Gasteiger partial charge in [0.05, 0.1) is 11.1 Å². The molecule has 0 amide bonds. The Kier molecular flexibility index (Phi) is 4.41. The van der Waals surface area contributed by atoms with Gasteiger partial charge in [-0.1, -0.05) is 60.2 Å². The van der Waals surface area contributed by atoms with Crippen LogP contribution in [0.2, 0.25) is 0 Å². The van der Waals surface area contributed by atoms with Crippen molar-refractivity contribution < 1.29 is 9.15 Å². The molecule has 0 atom stereocenters. The van der Waals surface area contributed by atoms with E-state index in [0.717, 1.165) is 28.8 Å². The molecule has 0 saturated carbocycles. The fraction of sp³-hybridized carbons (Fsp3) is 0.160. The summed E-state index contributed by atoms with van der Waals surface area (Å²) in [6, 6.07) is 24.0. The molecule has 0 aliphatic carbocycles. The average Bonchev–Trinajstić information content (AvgIpc) is 2.75. The maximum atomic E-state index is 12.7. The summed E-state index contributed by atoms with van der Waals surface area (Å²) in [5.41, 5.74) is 5.13. The number of ether oxygens (including phenoxy) is 1. The Balaban J connectivity index is 1.51. The quantitative estimate of drug-likeness (QED) is 0.461. The lowest BCUT2D eigenvalue weighted by atomic mass is 10.0. The summed E-state index contributed by atoms with van der Waals surface area (Å²) in [7, 11) is 0. The summed E-state index contributed by atoms with van der Waals surface area (Å²) in [4.78, 5) is 14.9. The van der Waals surface area contributed by atoms with E-state index in [-0.39, 0.29) is 5.63 Å². The van der Waals surface area contributed by atoms with Crippen molar-refractivity contribution in [3.8, 4) is 16.9 Å². The third kappa shape index (κ3) is 3.43. The molecule has 4 aromatic rings. The zero-order valence-corrected chi connectivity index (χ0v) is 16.2. The maximum absolute atomic E-state index is 12.7. The van der Waals surface area contributed by atoms with Crippen LogP contribution < -0.4 is 10.4 Å². The van der Waals surface area contributed by atoms with Crippen LogP contribution in [-0.4, -0.2) is 11.6 Å². The third-order valence-corrected chi connectivity index (χ3v) is 5.36. The van der Waals surface area contributed by atoms with Gasteiger partial charge in [0, 0.05) is 18.5 Å².